The minimum absolute atomic E-state index is 0.0127. The van der Waals surface area contributed by atoms with E-state index in [9.17, 15) is 13.2 Å². The van der Waals surface area contributed by atoms with E-state index in [0.29, 0.717) is 17.8 Å². The normalized spacial score (nSPS) is 18.7. The number of rotatable bonds is 5. The van der Waals surface area contributed by atoms with Gasteiger partial charge in [-0.2, -0.15) is 0 Å². The second-order valence-electron chi connectivity index (χ2n) is 6.14. The summed E-state index contributed by atoms with van der Waals surface area (Å²) in [6.45, 7) is 2.08. The van der Waals surface area contributed by atoms with Gasteiger partial charge in [0.05, 0.1) is 11.5 Å². The van der Waals surface area contributed by atoms with E-state index in [-0.39, 0.29) is 23.5 Å². The molecule has 1 amide bonds. The predicted octanol–water partition coefficient (Wildman–Crippen LogP) is 2.30. The van der Waals surface area contributed by atoms with Crippen LogP contribution < -0.4 is 10.6 Å². The van der Waals surface area contributed by atoms with Crippen LogP contribution in [-0.4, -0.2) is 36.9 Å². The Morgan fingerprint density at radius 2 is 2.08 bits per heavy atom. The third-order valence-electron chi connectivity index (χ3n) is 4.25. The number of benzene rings is 1. The molecule has 3 rings (SSSR count). The summed E-state index contributed by atoms with van der Waals surface area (Å²) in [5.41, 5.74) is 2.57. The smallest absolute Gasteiger partial charge is 0.251 e. The molecule has 2 heterocycles. The Kier molecular flexibility index (Phi) is 5.03. The summed E-state index contributed by atoms with van der Waals surface area (Å²) in [7, 11) is -3.02. The summed E-state index contributed by atoms with van der Waals surface area (Å²) in [4.78, 5) is 16.6. The number of para-hydroxylation sites is 1. The van der Waals surface area contributed by atoms with Crippen LogP contribution in [0.3, 0.4) is 0 Å². The zero-order valence-corrected chi connectivity index (χ0v) is 14.8. The Hall–Kier alpha value is -2.41. The van der Waals surface area contributed by atoms with E-state index < -0.39 is 9.84 Å². The first-order valence-corrected chi connectivity index (χ1v) is 10.1. The molecule has 1 aromatic heterocycles. The summed E-state index contributed by atoms with van der Waals surface area (Å²) >= 11 is 0. The van der Waals surface area contributed by atoms with Crippen molar-refractivity contribution in [2.75, 3.05) is 16.8 Å². The van der Waals surface area contributed by atoms with Crippen molar-refractivity contribution in [2.24, 2.45) is 0 Å². The standard InChI is InChI=1S/C18H21N3O3S/c1-2-13-5-3-4-6-16(13)21-17-11-14(7-9-19-17)18(22)20-15-8-10-25(23,24)12-15/h3-7,9,11,15H,2,8,10,12H2,1H3,(H,19,21)(H,20,22). The number of nitrogens with one attached hydrogen (secondary N) is 2. The van der Waals surface area contributed by atoms with E-state index in [0.717, 1.165) is 17.7 Å². The van der Waals surface area contributed by atoms with Crippen LogP contribution in [0.25, 0.3) is 0 Å². The Labute approximate surface area is 147 Å². The minimum atomic E-state index is -3.02. The van der Waals surface area contributed by atoms with Gasteiger partial charge in [0.1, 0.15) is 5.82 Å². The highest BCUT2D eigenvalue weighted by Gasteiger charge is 2.29. The van der Waals surface area contributed by atoms with E-state index in [1.165, 1.54) is 0 Å². The molecule has 1 unspecified atom stereocenters. The number of pyridine rings is 1. The molecule has 132 valence electrons. The van der Waals surface area contributed by atoms with E-state index >= 15 is 0 Å². The first-order valence-electron chi connectivity index (χ1n) is 8.29. The van der Waals surface area contributed by atoms with Gasteiger partial charge in [-0.25, -0.2) is 13.4 Å². The number of aromatic nitrogens is 1. The summed E-state index contributed by atoms with van der Waals surface area (Å²) in [5.74, 6) is 0.442. The number of sulfone groups is 1. The lowest BCUT2D eigenvalue weighted by Gasteiger charge is -2.13. The third kappa shape index (κ3) is 4.36. The van der Waals surface area contributed by atoms with Crippen molar-refractivity contribution in [3.8, 4) is 0 Å². The van der Waals surface area contributed by atoms with Gasteiger partial charge in [0, 0.05) is 23.5 Å². The Morgan fingerprint density at radius 3 is 2.80 bits per heavy atom. The number of nitrogens with zero attached hydrogens (tertiary/aromatic N) is 1. The number of amides is 1. The maximum Gasteiger partial charge on any atom is 0.251 e. The van der Waals surface area contributed by atoms with Crippen molar-refractivity contribution < 1.29 is 13.2 Å². The average molecular weight is 359 g/mol. The lowest BCUT2D eigenvalue weighted by Crippen LogP contribution is -2.35. The molecule has 6 nitrogen and oxygen atoms in total. The predicted molar refractivity (Wildman–Crippen MR) is 97.9 cm³/mol. The Balaban J connectivity index is 1.72. The van der Waals surface area contributed by atoms with Gasteiger partial charge >= 0.3 is 0 Å². The molecule has 0 saturated carbocycles. The van der Waals surface area contributed by atoms with Gasteiger partial charge in [-0.3, -0.25) is 4.79 Å². The molecule has 2 aromatic rings. The summed E-state index contributed by atoms with van der Waals surface area (Å²) in [6.07, 6.45) is 2.92. The van der Waals surface area contributed by atoms with Gasteiger partial charge < -0.3 is 10.6 Å². The van der Waals surface area contributed by atoms with Gasteiger partial charge in [-0.1, -0.05) is 25.1 Å². The number of carbonyl (C=O) groups is 1. The molecule has 1 aromatic carbocycles. The molecule has 1 aliphatic heterocycles. The fraction of sp³-hybridized carbons (Fsp3) is 0.333. The number of hydrogen-bond donors (Lipinski definition) is 2. The van der Waals surface area contributed by atoms with Crippen LogP contribution in [-0.2, 0) is 16.3 Å². The first kappa shape index (κ1) is 17.4. The number of aryl methyl sites for hydroxylation is 1. The van der Waals surface area contributed by atoms with Gasteiger partial charge in [-0.15, -0.1) is 0 Å². The maximum absolute atomic E-state index is 12.4. The summed E-state index contributed by atoms with van der Waals surface area (Å²) in [6, 6.07) is 10.9. The molecule has 1 aliphatic rings. The highest BCUT2D eigenvalue weighted by molar-refractivity contribution is 7.91. The van der Waals surface area contributed by atoms with Crippen molar-refractivity contribution >= 4 is 27.2 Å². The van der Waals surface area contributed by atoms with Crippen LogP contribution in [0.5, 0.6) is 0 Å². The fourth-order valence-corrected chi connectivity index (χ4v) is 4.58. The molecule has 1 fully saturated rings. The topological polar surface area (TPSA) is 88.2 Å². The molecule has 0 radical (unpaired) electrons. The van der Waals surface area contributed by atoms with Gasteiger partial charge in [0.15, 0.2) is 9.84 Å². The van der Waals surface area contributed by atoms with Gasteiger partial charge in [0.2, 0.25) is 0 Å². The fourth-order valence-electron chi connectivity index (χ4n) is 2.91. The Bertz CT molecular complexity index is 881. The molecule has 25 heavy (non-hydrogen) atoms. The lowest BCUT2D eigenvalue weighted by atomic mass is 10.1. The molecule has 0 aliphatic carbocycles. The number of anilines is 2. The Morgan fingerprint density at radius 1 is 1.28 bits per heavy atom. The van der Waals surface area contributed by atoms with Crippen LogP contribution in [0.4, 0.5) is 11.5 Å². The summed E-state index contributed by atoms with van der Waals surface area (Å²) < 4.78 is 23.0. The minimum Gasteiger partial charge on any atom is -0.348 e. The van der Waals surface area contributed by atoms with E-state index in [1.807, 2.05) is 24.3 Å². The highest BCUT2D eigenvalue weighted by atomic mass is 32.2. The largest absolute Gasteiger partial charge is 0.348 e. The van der Waals surface area contributed by atoms with Crippen molar-refractivity contribution in [3.05, 3.63) is 53.7 Å². The molecule has 7 heteroatoms. The van der Waals surface area contributed by atoms with Crippen molar-refractivity contribution in [1.29, 1.82) is 0 Å². The quantitative estimate of drug-likeness (QED) is 0.855. The summed E-state index contributed by atoms with van der Waals surface area (Å²) in [5, 5.41) is 6.03. The van der Waals surface area contributed by atoms with Crippen LogP contribution in [0.2, 0.25) is 0 Å². The van der Waals surface area contributed by atoms with Crippen molar-refractivity contribution in [1.82, 2.24) is 10.3 Å². The zero-order chi connectivity index (χ0) is 17.9. The SMILES string of the molecule is CCc1ccccc1Nc1cc(C(=O)NC2CCS(=O)(=O)C2)ccn1. The molecule has 0 bridgehead atoms. The maximum atomic E-state index is 12.4. The molecule has 1 atom stereocenters. The van der Waals surface area contributed by atoms with Gasteiger partial charge in [0.25, 0.3) is 5.91 Å². The molecular weight excluding hydrogens is 338 g/mol. The molecule has 0 spiro atoms. The van der Waals surface area contributed by atoms with Crippen LogP contribution in [0, 0.1) is 0 Å². The molecule has 2 N–H and O–H groups in total. The van der Waals surface area contributed by atoms with Crippen molar-refractivity contribution in [3.63, 3.8) is 0 Å². The average Bonchev–Trinajstić information content (AvgIpc) is 2.94. The zero-order valence-electron chi connectivity index (χ0n) is 14.0. The first-order chi connectivity index (χ1) is 12.0. The lowest BCUT2D eigenvalue weighted by molar-refractivity contribution is 0.0941. The molecule has 1 saturated heterocycles. The van der Waals surface area contributed by atoms with Crippen LogP contribution >= 0.6 is 0 Å². The second-order valence-corrected chi connectivity index (χ2v) is 8.37. The monoisotopic (exact) mass is 359 g/mol. The highest BCUT2D eigenvalue weighted by Crippen LogP contribution is 2.20. The van der Waals surface area contributed by atoms with Crippen LogP contribution in [0.1, 0.15) is 29.3 Å². The third-order valence-corrected chi connectivity index (χ3v) is 6.02. The second kappa shape index (κ2) is 7.23. The number of hydrogen-bond acceptors (Lipinski definition) is 5. The van der Waals surface area contributed by atoms with Crippen molar-refractivity contribution in [2.45, 2.75) is 25.8 Å². The van der Waals surface area contributed by atoms with E-state index in [4.69, 9.17) is 0 Å². The van der Waals surface area contributed by atoms with Gasteiger partial charge in [-0.05, 0) is 36.6 Å². The van der Waals surface area contributed by atoms with Crippen LogP contribution in [0.15, 0.2) is 42.6 Å². The molecular formula is C18H21N3O3S. The van der Waals surface area contributed by atoms with E-state index in [2.05, 4.69) is 22.5 Å². The number of carbonyl (C=O) groups excluding carboxylic acids is 1. The van der Waals surface area contributed by atoms with E-state index in [1.54, 1.807) is 18.3 Å².